The summed E-state index contributed by atoms with van der Waals surface area (Å²) in [4.78, 5) is 9.64. The minimum Gasteiger partial charge on any atom is -0.387 e. The molecule has 0 bridgehead atoms. The fraction of sp³-hybridized carbons (Fsp3) is 0.391. The summed E-state index contributed by atoms with van der Waals surface area (Å²) in [6, 6.07) is 2.15. The lowest BCUT2D eigenvalue weighted by atomic mass is 10.1. The number of hydrogen-bond donors (Lipinski definition) is 5. The van der Waals surface area contributed by atoms with Gasteiger partial charge in [0.25, 0.3) is 10.2 Å². The summed E-state index contributed by atoms with van der Waals surface area (Å²) in [7, 11) is -7.28. The van der Waals surface area contributed by atoms with Gasteiger partial charge in [-0.15, -0.1) is 0 Å². The van der Waals surface area contributed by atoms with E-state index in [4.69, 9.17) is 15.6 Å². The molecule has 3 aromatic rings. The number of aliphatic hydroxyl groups excluding tert-OH is 2. The highest BCUT2D eigenvalue weighted by atomic mass is 32.2. The van der Waals surface area contributed by atoms with E-state index in [9.17, 15) is 35.8 Å². The van der Waals surface area contributed by atoms with Crippen LogP contribution in [0.25, 0.3) is 11.0 Å². The van der Waals surface area contributed by atoms with Crippen LogP contribution in [0.15, 0.2) is 24.7 Å². The molecule has 1 aromatic carbocycles. The summed E-state index contributed by atoms with van der Waals surface area (Å²) in [6.07, 6.45) is -3.03. The van der Waals surface area contributed by atoms with Crippen LogP contribution in [0.5, 0.6) is 0 Å². The predicted molar refractivity (Wildman–Crippen MR) is 142 cm³/mol. The van der Waals surface area contributed by atoms with Crippen LogP contribution < -0.4 is 20.5 Å². The molecule has 2 aliphatic rings. The number of nitrogens with two attached hydrogens (primary N) is 2. The van der Waals surface area contributed by atoms with E-state index in [2.05, 4.69) is 21.8 Å². The fourth-order valence-electron chi connectivity index (χ4n) is 4.69. The van der Waals surface area contributed by atoms with Crippen molar-refractivity contribution in [3.8, 4) is 11.8 Å². The van der Waals surface area contributed by atoms with Gasteiger partial charge in [0.2, 0.25) is 0 Å². The molecule has 0 aliphatic carbocycles. The number of aromatic nitrogens is 3. The van der Waals surface area contributed by atoms with Crippen molar-refractivity contribution in [2.24, 2.45) is 5.14 Å². The van der Waals surface area contributed by atoms with Gasteiger partial charge in [0.05, 0.1) is 28.0 Å². The summed E-state index contributed by atoms with van der Waals surface area (Å²) in [6.45, 7) is -0.222. The first-order valence-corrected chi connectivity index (χ1v) is 15.5. The zero-order chi connectivity index (χ0) is 29.7. The molecule has 4 atom stereocenters. The molecule has 0 radical (unpaired) electrons. The molecule has 2 aliphatic heterocycles. The molecule has 0 saturated carbocycles. The summed E-state index contributed by atoms with van der Waals surface area (Å²) in [5.74, 6) is 2.90. The van der Waals surface area contributed by atoms with Crippen LogP contribution in [0.1, 0.15) is 17.4 Å². The van der Waals surface area contributed by atoms with E-state index in [1.807, 2.05) is 4.72 Å². The molecule has 4 heterocycles. The van der Waals surface area contributed by atoms with E-state index in [0.717, 1.165) is 18.5 Å². The number of sulfone groups is 1. The Balaban J connectivity index is 1.47. The zero-order valence-electron chi connectivity index (χ0n) is 21.1. The van der Waals surface area contributed by atoms with Crippen LogP contribution in [-0.2, 0) is 24.8 Å². The highest BCUT2D eigenvalue weighted by molar-refractivity contribution is 7.91. The summed E-state index contributed by atoms with van der Waals surface area (Å²) in [5.41, 5.74) is 5.92. The van der Waals surface area contributed by atoms with Crippen molar-refractivity contribution in [3.63, 3.8) is 0 Å². The van der Waals surface area contributed by atoms with Crippen molar-refractivity contribution >= 4 is 42.6 Å². The van der Waals surface area contributed by atoms with Gasteiger partial charge in [-0.1, -0.05) is 11.8 Å². The van der Waals surface area contributed by atoms with Gasteiger partial charge in [0.1, 0.15) is 47.7 Å². The maximum Gasteiger partial charge on any atom is 0.274 e. The lowest BCUT2D eigenvalue weighted by molar-refractivity contribution is -0.0327. The third-order valence-electron chi connectivity index (χ3n) is 6.79. The van der Waals surface area contributed by atoms with Crippen molar-refractivity contribution in [3.05, 3.63) is 47.4 Å². The molecular weight excluding hydrogens is 588 g/mol. The Morgan fingerprint density at radius 3 is 2.41 bits per heavy atom. The summed E-state index contributed by atoms with van der Waals surface area (Å²) >= 11 is 0. The zero-order valence-corrected chi connectivity index (χ0v) is 22.7. The first-order valence-electron chi connectivity index (χ1n) is 12.1. The van der Waals surface area contributed by atoms with Crippen molar-refractivity contribution in [2.45, 2.75) is 24.5 Å². The van der Waals surface area contributed by atoms with Gasteiger partial charge >= 0.3 is 0 Å². The molecule has 0 unspecified atom stereocenters. The number of aliphatic hydroxyl groups is 2. The molecule has 2 fully saturated rings. The predicted octanol–water partition coefficient (Wildman–Crippen LogP) is -1.66. The monoisotopic (exact) mass is 613 g/mol. The Morgan fingerprint density at radius 2 is 1.78 bits per heavy atom. The number of nitrogen functional groups attached to an aromatic ring is 1. The third-order valence-corrected chi connectivity index (χ3v) is 8.97. The van der Waals surface area contributed by atoms with Crippen LogP contribution in [0.2, 0.25) is 0 Å². The SMILES string of the molecule is Nc1ncnc2c1c(C#Cc1c(F)cc(N3CCS(=O)(=O)CC3)cc1F)cn2[C@@H]1O[C@H](CNS(N)(=O)=O)[C@@H](O)[C@H]1O. The molecule has 41 heavy (non-hydrogen) atoms. The topological polar surface area (TPSA) is 216 Å². The summed E-state index contributed by atoms with van der Waals surface area (Å²) in [5, 5.41) is 26.2. The molecule has 220 valence electrons. The van der Waals surface area contributed by atoms with Gasteiger partial charge in [0.15, 0.2) is 16.1 Å². The number of nitrogens with zero attached hydrogens (tertiary/aromatic N) is 4. The second kappa shape index (κ2) is 10.8. The van der Waals surface area contributed by atoms with Crippen molar-refractivity contribution < 1.29 is 40.6 Å². The van der Waals surface area contributed by atoms with Gasteiger partial charge in [-0.25, -0.2) is 32.3 Å². The van der Waals surface area contributed by atoms with Crippen molar-refractivity contribution in [2.75, 3.05) is 41.8 Å². The number of hydrogen-bond acceptors (Lipinski definition) is 11. The third kappa shape index (κ3) is 5.97. The molecule has 2 aromatic heterocycles. The van der Waals surface area contributed by atoms with Gasteiger partial charge < -0.3 is 30.2 Å². The minimum atomic E-state index is -4.10. The fourth-order valence-corrected chi connectivity index (χ4v) is 6.28. The second-order valence-corrected chi connectivity index (χ2v) is 13.2. The molecule has 18 heteroatoms. The molecule has 2 saturated heterocycles. The van der Waals surface area contributed by atoms with E-state index in [0.29, 0.717) is 0 Å². The first kappa shape index (κ1) is 29.1. The average Bonchev–Trinajstić information content (AvgIpc) is 3.39. The highest BCUT2D eigenvalue weighted by Crippen LogP contribution is 2.34. The Morgan fingerprint density at radius 1 is 1.12 bits per heavy atom. The molecule has 0 spiro atoms. The van der Waals surface area contributed by atoms with E-state index >= 15 is 0 Å². The number of ether oxygens (including phenoxy) is 1. The Hall–Kier alpha value is -3.44. The van der Waals surface area contributed by atoms with Crippen molar-refractivity contribution in [1.82, 2.24) is 19.3 Å². The number of nitrogens with one attached hydrogen (secondary N) is 1. The first-order chi connectivity index (χ1) is 19.2. The van der Waals surface area contributed by atoms with E-state index in [-0.39, 0.29) is 52.7 Å². The van der Waals surface area contributed by atoms with Gasteiger partial charge in [-0.05, 0) is 12.1 Å². The smallest absolute Gasteiger partial charge is 0.274 e. The normalized spacial score (nSPS) is 24.4. The van der Waals surface area contributed by atoms with E-state index in [1.165, 1.54) is 10.8 Å². The van der Waals surface area contributed by atoms with Crippen molar-refractivity contribution in [1.29, 1.82) is 0 Å². The summed E-state index contributed by atoms with van der Waals surface area (Å²) < 4.78 is 84.8. The van der Waals surface area contributed by atoms with E-state index in [1.54, 1.807) is 4.90 Å². The number of rotatable bonds is 5. The number of benzene rings is 1. The maximum absolute atomic E-state index is 15.0. The molecular formula is C23H25F2N7O7S2. The lowest BCUT2D eigenvalue weighted by Crippen LogP contribution is -2.42. The van der Waals surface area contributed by atoms with Crippen LogP contribution in [0.4, 0.5) is 20.3 Å². The van der Waals surface area contributed by atoms with Gasteiger partial charge in [0, 0.05) is 31.5 Å². The molecule has 5 rings (SSSR count). The Bertz CT molecular complexity index is 1750. The Labute approximate surface area is 233 Å². The lowest BCUT2D eigenvalue weighted by Gasteiger charge is -2.28. The second-order valence-electron chi connectivity index (χ2n) is 9.52. The highest BCUT2D eigenvalue weighted by Gasteiger charge is 2.44. The maximum atomic E-state index is 15.0. The molecule has 14 nitrogen and oxygen atoms in total. The van der Waals surface area contributed by atoms with Crippen LogP contribution in [0.3, 0.4) is 0 Å². The standard InChI is InChI=1S/C23H25F2N7O7S2/c24-15-7-13(31-3-5-40(35,36)6-4-31)8-16(25)14(15)2-1-12-10-32(22-18(12)21(26)28-11-29-22)23-20(34)19(33)17(39-23)9-30-41(27,37)38/h7-8,10-11,17,19-20,23,30,33-34H,3-6,9H2,(H2,26,28,29)(H2,27,37,38)/t17-,19-,20-,23-/m1/s1. The Kier molecular flexibility index (Phi) is 7.63. The quantitative estimate of drug-likeness (QED) is 0.205. The van der Waals surface area contributed by atoms with Crippen LogP contribution in [-0.4, -0.2) is 91.0 Å². The number of halogens is 2. The van der Waals surface area contributed by atoms with Crippen LogP contribution in [0, 0.1) is 23.5 Å². The van der Waals surface area contributed by atoms with Gasteiger partial charge in [-0.3, -0.25) is 0 Å². The average molecular weight is 614 g/mol. The minimum absolute atomic E-state index is 0.0325. The molecule has 0 amide bonds. The molecule has 7 N–H and O–H groups in total. The van der Waals surface area contributed by atoms with Crippen LogP contribution >= 0.6 is 0 Å². The number of fused-ring (bicyclic) bond motifs is 1. The van der Waals surface area contributed by atoms with Gasteiger partial charge in [-0.2, -0.15) is 13.1 Å². The van der Waals surface area contributed by atoms with E-state index < -0.39 is 68.3 Å². The number of anilines is 2. The largest absolute Gasteiger partial charge is 0.387 e.